The van der Waals surface area contributed by atoms with E-state index in [9.17, 15) is 24.0 Å². The van der Waals surface area contributed by atoms with Crippen LogP contribution in [0, 0.1) is 6.92 Å². The van der Waals surface area contributed by atoms with Gasteiger partial charge < -0.3 is 29.3 Å². The number of nitrogens with zero attached hydrogens (tertiary/aromatic N) is 3. The van der Waals surface area contributed by atoms with E-state index in [1.54, 1.807) is 54.3 Å². The lowest BCUT2D eigenvalue weighted by Crippen LogP contribution is -2.56. The van der Waals surface area contributed by atoms with Gasteiger partial charge in [-0.05, 0) is 48.9 Å². The van der Waals surface area contributed by atoms with Crippen molar-refractivity contribution in [2.45, 2.75) is 26.1 Å². The third kappa shape index (κ3) is 6.02. The first kappa shape index (κ1) is 27.7. The predicted octanol–water partition coefficient (Wildman–Crippen LogP) is 1.00. The highest BCUT2D eigenvalue weighted by atomic mass is 16.6. The van der Waals surface area contributed by atoms with Crippen LogP contribution in [0.1, 0.15) is 12.5 Å². The average molecular weight is 566 g/mol. The van der Waals surface area contributed by atoms with Crippen molar-refractivity contribution in [3.63, 3.8) is 0 Å². The summed E-state index contributed by atoms with van der Waals surface area (Å²) < 4.78 is 20.7. The van der Waals surface area contributed by atoms with E-state index >= 15 is 0 Å². The number of ether oxygens (including phenoxy) is 3. The lowest BCUT2D eigenvalue weighted by molar-refractivity contribution is -0.167. The van der Waals surface area contributed by atoms with Crippen LogP contribution in [0.4, 0.5) is 17.1 Å². The van der Waals surface area contributed by atoms with E-state index < -0.39 is 35.7 Å². The number of hydrogen-bond donors (Lipinski definition) is 2. The molecule has 0 bridgehead atoms. The number of nitrogens with one attached hydrogen (secondary N) is 2. The summed E-state index contributed by atoms with van der Waals surface area (Å²) in [5.74, 6) is -2.78. The smallest absolute Gasteiger partial charge is 0.439 e. The van der Waals surface area contributed by atoms with Crippen LogP contribution in [0.3, 0.4) is 0 Å². The van der Waals surface area contributed by atoms with E-state index in [0.29, 0.717) is 41.3 Å². The van der Waals surface area contributed by atoms with Gasteiger partial charge in [0.1, 0.15) is 6.61 Å². The molecule has 0 radical (unpaired) electrons. The maximum Gasteiger partial charge on any atom is 0.439 e. The van der Waals surface area contributed by atoms with Crippen LogP contribution in [0.2, 0.25) is 0 Å². The van der Waals surface area contributed by atoms with E-state index in [0.717, 1.165) is 6.92 Å². The SMILES string of the molecule is CC(=O)O[C@@H](C(=O)Nc1ccc(-c2noc(=O)[nH]2)c(C)c1)[C@H]1OCCN(c2cccc(N3CCOCC3=O)c2)C1=O. The highest BCUT2D eigenvalue weighted by molar-refractivity contribution is 6.05. The molecule has 2 N–H and O–H groups in total. The largest absolute Gasteiger partial charge is 0.449 e. The Bertz CT molecular complexity index is 1550. The van der Waals surface area contributed by atoms with Gasteiger partial charge in [0.2, 0.25) is 6.10 Å². The molecule has 0 spiro atoms. The van der Waals surface area contributed by atoms with Gasteiger partial charge in [0.05, 0.1) is 13.2 Å². The van der Waals surface area contributed by atoms with Crippen LogP contribution in [-0.4, -0.2) is 78.9 Å². The number of H-pyrrole nitrogens is 1. The van der Waals surface area contributed by atoms with Crippen molar-refractivity contribution in [1.29, 1.82) is 0 Å². The topological polar surface area (TPSA) is 173 Å². The molecule has 3 amide bonds. The maximum absolute atomic E-state index is 13.6. The van der Waals surface area contributed by atoms with Gasteiger partial charge in [0.15, 0.2) is 11.9 Å². The van der Waals surface area contributed by atoms with Crippen molar-refractivity contribution in [2.24, 2.45) is 0 Å². The average Bonchev–Trinajstić information content (AvgIpc) is 3.38. The fourth-order valence-electron chi connectivity index (χ4n) is 4.70. The zero-order valence-corrected chi connectivity index (χ0v) is 22.2. The zero-order valence-electron chi connectivity index (χ0n) is 22.2. The second kappa shape index (κ2) is 11.7. The molecule has 0 saturated carbocycles. The summed E-state index contributed by atoms with van der Waals surface area (Å²) in [5, 5.41) is 6.33. The number of carbonyl (C=O) groups is 4. The normalized spacial score (nSPS) is 18.2. The lowest BCUT2D eigenvalue weighted by atomic mass is 10.1. The summed E-state index contributed by atoms with van der Waals surface area (Å²) in [6.45, 7) is 3.89. The second-order valence-electron chi connectivity index (χ2n) is 9.39. The first-order valence-corrected chi connectivity index (χ1v) is 12.8. The van der Waals surface area contributed by atoms with E-state index in [1.807, 2.05) is 0 Å². The zero-order chi connectivity index (χ0) is 29.1. The number of amides is 3. The number of benzene rings is 2. The minimum Gasteiger partial charge on any atom is -0.449 e. The molecule has 2 saturated heterocycles. The quantitative estimate of drug-likeness (QED) is 0.394. The van der Waals surface area contributed by atoms with Crippen molar-refractivity contribution >= 4 is 40.8 Å². The Morgan fingerprint density at radius 1 is 1.07 bits per heavy atom. The molecule has 41 heavy (non-hydrogen) atoms. The first-order chi connectivity index (χ1) is 19.7. The molecule has 2 aliphatic rings. The molecule has 2 atom stereocenters. The van der Waals surface area contributed by atoms with E-state index in [-0.39, 0.29) is 31.5 Å². The van der Waals surface area contributed by atoms with Crippen molar-refractivity contribution in [1.82, 2.24) is 10.1 Å². The van der Waals surface area contributed by atoms with E-state index in [1.165, 1.54) is 4.90 Å². The summed E-state index contributed by atoms with van der Waals surface area (Å²) in [7, 11) is 0. The summed E-state index contributed by atoms with van der Waals surface area (Å²) >= 11 is 0. The van der Waals surface area contributed by atoms with Gasteiger partial charge in [-0.15, -0.1) is 0 Å². The van der Waals surface area contributed by atoms with Gasteiger partial charge in [-0.1, -0.05) is 11.2 Å². The molecular formula is C27H27N5O9. The molecule has 5 rings (SSSR count). The summed E-state index contributed by atoms with van der Waals surface area (Å²) in [4.78, 5) is 68.0. The Kier molecular flexibility index (Phi) is 7.94. The number of morpholine rings is 2. The van der Waals surface area contributed by atoms with Crippen LogP contribution in [0.25, 0.3) is 11.4 Å². The van der Waals surface area contributed by atoms with Gasteiger partial charge in [-0.3, -0.25) is 28.7 Å². The third-order valence-corrected chi connectivity index (χ3v) is 6.58. The Morgan fingerprint density at radius 2 is 1.83 bits per heavy atom. The molecule has 3 heterocycles. The fraction of sp³-hybridized carbons (Fsp3) is 0.333. The highest BCUT2D eigenvalue weighted by Crippen LogP contribution is 2.28. The Hall–Kier alpha value is -4.82. The molecule has 1 aromatic heterocycles. The number of aryl methyl sites for hydroxylation is 1. The molecule has 2 aromatic carbocycles. The summed E-state index contributed by atoms with van der Waals surface area (Å²) in [6, 6.07) is 11.7. The fourth-order valence-corrected chi connectivity index (χ4v) is 4.70. The minimum atomic E-state index is -1.58. The van der Waals surface area contributed by atoms with Gasteiger partial charge in [0, 0.05) is 42.6 Å². The van der Waals surface area contributed by atoms with Crippen LogP contribution in [0.15, 0.2) is 51.8 Å². The van der Waals surface area contributed by atoms with Gasteiger partial charge in [-0.25, -0.2) is 4.79 Å². The highest BCUT2D eigenvalue weighted by Gasteiger charge is 2.42. The van der Waals surface area contributed by atoms with Gasteiger partial charge in [0.25, 0.3) is 17.7 Å². The van der Waals surface area contributed by atoms with Gasteiger partial charge in [-0.2, -0.15) is 0 Å². The molecule has 214 valence electrons. The number of rotatable bonds is 7. The van der Waals surface area contributed by atoms with Crippen molar-refractivity contribution in [3.8, 4) is 11.4 Å². The first-order valence-electron chi connectivity index (χ1n) is 12.8. The van der Waals surface area contributed by atoms with Crippen LogP contribution >= 0.6 is 0 Å². The number of carbonyl (C=O) groups excluding carboxylic acids is 4. The van der Waals surface area contributed by atoms with Crippen LogP contribution in [0.5, 0.6) is 0 Å². The molecule has 14 heteroatoms. The van der Waals surface area contributed by atoms with E-state index in [2.05, 4.69) is 20.0 Å². The van der Waals surface area contributed by atoms with Gasteiger partial charge >= 0.3 is 11.7 Å². The minimum absolute atomic E-state index is 0.0239. The molecule has 2 fully saturated rings. The van der Waals surface area contributed by atoms with Crippen molar-refractivity contribution in [3.05, 3.63) is 58.6 Å². The van der Waals surface area contributed by atoms with Crippen molar-refractivity contribution < 1.29 is 37.9 Å². The standard InChI is InChI=1S/C27H27N5O9/c1-15-12-17(6-7-20(15)24-29-27(37)41-30-24)28-25(35)22(40-16(2)33)23-26(36)32(9-11-39-23)19-5-3-4-18(13-19)31-8-10-38-14-21(31)34/h3-7,12-13,22-23H,8-11,14H2,1-2H3,(H,28,35)(H,29,30,37)/t22-,23-/m1/s1. The third-order valence-electron chi connectivity index (χ3n) is 6.58. The molecule has 0 unspecified atom stereocenters. The monoisotopic (exact) mass is 565 g/mol. The van der Waals surface area contributed by atoms with E-state index in [4.69, 9.17) is 14.2 Å². The number of aromatic amines is 1. The maximum atomic E-state index is 13.6. The molecule has 2 aliphatic heterocycles. The summed E-state index contributed by atoms with van der Waals surface area (Å²) in [6.07, 6.45) is -3.00. The lowest BCUT2D eigenvalue weighted by Gasteiger charge is -2.35. The molecule has 3 aromatic rings. The molecule has 14 nitrogen and oxygen atoms in total. The number of anilines is 3. The molecular weight excluding hydrogens is 538 g/mol. The Balaban J connectivity index is 1.35. The van der Waals surface area contributed by atoms with Crippen LogP contribution in [-0.2, 0) is 33.4 Å². The molecule has 0 aliphatic carbocycles. The predicted molar refractivity (Wildman–Crippen MR) is 143 cm³/mol. The van der Waals surface area contributed by atoms with Crippen molar-refractivity contribution in [2.75, 3.05) is 48.0 Å². The number of esters is 1. The Morgan fingerprint density at radius 3 is 2.51 bits per heavy atom. The van der Waals surface area contributed by atoms with Crippen LogP contribution < -0.4 is 20.9 Å². The second-order valence-corrected chi connectivity index (χ2v) is 9.39. The number of hydrogen-bond acceptors (Lipinski definition) is 10. The Labute approximate surface area is 233 Å². The number of aromatic nitrogens is 2. The summed E-state index contributed by atoms with van der Waals surface area (Å²) in [5.41, 5.74) is 2.69.